The van der Waals surface area contributed by atoms with Gasteiger partial charge in [0.15, 0.2) is 5.82 Å². The molecule has 22 heavy (non-hydrogen) atoms. The van der Waals surface area contributed by atoms with Crippen LogP contribution in [-0.4, -0.2) is 53.2 Å². The third-order valence-corrected chi connectivity index (χ3v) is 3.72. The van der Waals surface area contributed by atoms with Crippen LogP contribution in [0.15, 0.2) is 18.5 Å². The first-order valence-corrected chi connectivity index (χ1v) is 7.40. The first-order chi connectivity index (χ1) is 10.7. The second-order valence-corrected chi connectivity index (χ2v) is 5.38. The van der Waals surface area contributed by atoms with E-state index in [1.165, 1.54) is 0 Å². The number of hydrogen-bond donors (Lipinski definition) is 0. The molecule has 1 aliphatic heterocycles. The monoisotopic (exact) mass is 320 g/mol. The predicted octanol–water partition coefficient (Wildman–Crippen LogP) is 1.56. The Labute approximate surface area is 133 Å². The highest BCUT2D eigenvalue weighted by Gasteiger charge is 2.20. The van der Waals surface area contributed by atoms with Gasteiger partial charge in [0.2, 0.25) is 5.88 Å². The minimum Gasteiger partial charge on any atom is -0.480 e. The van der Waals surface area contributed by atoms with Crippen molar-refractivity contribution in [2.24, 2.45) is 0 Å². The zero-order chi connectivity index (χ0) is 15.5. The zero-order valence-corrected chi connectivity index (χ0v) is 13.3. The van der Waals surface area contributed by atoms with E-state index in [0.29, 0.717) is 16.9 Å². The van der Waals surface area contributed by atoms with Gasteiger partial charge in [0, 0.05) is 32.2 Å². The molecule has 1 fully saturated rings. The van der Waals surface area contributed by atoms with Gasteiger partial charge in [-0.3, -0.25) is 4.98 Å². The van der Waals surface area contributed by atoms with Gasteiger partial charge in [0.25, 0.3) is 0 Å². The largest absolute Gasteiger partial charge is 0.480 e. The minimum atomic E-state index is 0.476. The molecule has 8 heteroatoms. The van der Waals surface area contributed by atoms with Crippen LogP contribution in [0, 0.1) is 6.92 Å². The highest BCUT2D eigenvalue weighted by Crippen LogP contribution is 2.20. The lowest BCUT2D eigenvalue weighted by atomic mass is 10.3. The van der Waals surface area contributed by atoms with Crippen molar-refractivity contribution in [2.45, 2.75) is 6.92 Å². The molecule has 3 rings (SSSR count). The number of halogens is 1. The molecule has 0 spiro atoms. The van der Waals surface area contributed by atoms with Crippen molar-refractivity contribution in [3.63, 3.8) is 0 Å². The number of methoxy groups -OCH3 is 1. The molecule has 2 aromatic rings. The Morgan fingerprint density at radius 2 is 1.68 bits per heavy atom. The van der Waals surface area contributed by atoms with E-state index in [4.69, 9.17) is 16.3 Å². The van der Waals surface area contributed by atoms with Crippen LogP contribution < -0.4 is 14.5 Å². The Balaban J connectivity index is 1.69. The summed E-state index contributed by atoms with van der Waals surface area (Å²) in [6.45, 7) is 5.19. The van der Waals surface area contributed by atoms with Gasteiger partial charge >= 0.3 is 0 Å². The smallest absolute Gasteiger partial charge is 0.233 e. The third kappa shape index (κ3) is 3.19. The van der Waals surface area contributed by atoms with E-state index in [0.717, 1.165) is 37.8 Å². The Hall–Kier alpha value is -2.15. The standard InChI is InChI=1S/C14H17ClN6O/c1-10-17-11(15)7-12(18-10)20-3-5-21(6-4-20)13-8-16-9-14(19-13)22-2/h7-9H,3-6H2,1-2H3. The summed E-state index contributed by atoms with van der Waals surface area (Å²) in [4.78, 5) is 21.5. The van der Waals surface area contributed by atoms with Crippen LogP contribution in [0.1, 0.15) is 5.82 Å². The molecule has 3 heterocycles. The number of anilines is 2. The molecule has 0 amide bonds. The minimum absolute atomic E-state index is 0.476. The normalized spacial score (nSPS) is 15.0. The first kappa shape index (κ1) is 14.8. The summed E-state index contributed by atoms with van der Waals surface area (Å²) in [5.74, 6) is 2.91. The summed E-state index contributed by atoms with van der Waals surface area (Å²) in [5.41, 5.74) is 0. The van der Waals surface area contributed by atoms with E-state index < -0.39 is 0 Å². The highest BCUT2D eigenvalue weighted by atomic mass is 35.5. The number of aromatic nitrogens is 4. The molecule has 0 N–H and O–H groups in total. The molecule has 0 atom stereocenters. The summed E-state index contributed by atoms with van der Waals surface area (Å²) in [7, 11) is 1.59. The lowest BCUT2D eigenvalue weighted by Gasteiger charge is -2.35. The lowest BCUT2D eigenvalue weighted by molar-refractivity contribution is 0.395. The van der Waals surface area contributed by atoms with E-state index in [2.05, 4.69) is 29.7 Å². The van der Waals surface area contributed by atoms with Crippen LogP contribution in [0.4, 0.5) is 11.6 Å². The maximum Gasteiger partial charge on any atom is 0.233 e. The molecule has 0 radical (unpaired) electrons. The quantitative estimate of drug-likeness (QED) is 0.795. The number of rotatable bonds is 3. The third-order valence-electron chi connectivity index (χ3n) is 3.53. The maximum atomic E-state index is 6.01. The Kier molecular flexibility index (Phi) is 4.24. The number of ether oxygens (including phenoxy) is 1. The molecule has 1 saturated heterocycles. The Morgan fingerprint density at radius 1 is 1.00 bits per heavy atom. The van der Waals surface area contributed by atoms with Gasteiger partial charge in [-0.2, -0.15) is 4.98 Å². The number of nitrogens with zero attached hydrogens (tertiary/aromatic N) is 6. The second kappa shape index (κ2) is 6.31. The summed E-state index contributed by atoms with van der Waals surface area (Å²) in [6.07, 6.45) is 3.36. The number of hydrogen-bond acceptors (Lipinski definition) is 7. The number of piperazine rings is 1. The van der Waals surface area contributed by atoms with E-state index in [9.17, 15) is 0 Å². The fraction of sp³-hybridized carbons (Fsp3) is 0.429. The molecule has 0 unspecified atom stereocenters. The van der Waals surface area contributed by atoms with Gasteiger partial charge < -0.3 is 14.5 Å². The molecule has 2 aromatic heterocycles. The van der Waals surface area contributed by atoms with Gasteiger partial charge in [-0.05, 0) is 6.92 Å². The van der Waals surface area contributed by atoms with Crippen molar-refractivity contribution in [1.82, 2.24) is 19.9 Å². The van der Waals surface area contributed by atoms with Crippen LogP contribution in [-0.2, 0) is 0 Å². The molecule has 0 saturated carbocycles. The highest BCUT2D eigenvalue weighted by molar-refractivity contribution is 6.29. The zero-order valence-electron chi connectivity index (χ0n) is 12.5. The predicted molar refractivity (Wildman–Crippen MR) is 84.8 cm³/mol. The fourth-order valence-electron chi connectivity index (χ4n) is 2.43. The maximum absolute atomic E-state index is 6.01. The van der Waals surface area contributed by atoms with Crippen molar-refractivity contribution in [2.75, 3.05) is 43.1 Å². The second-order valence-electron chi connectivity index (χ2n) is 4.99. The summed E-state index contributed by atoms with van der Waals surface area (Å²) in [6, 6.07) is 1.80. The van der Waals surface area contributed by atoms with E-state index in [-0.39, 0.29) is 0 Å². The first-order valence-electron chi connectivity index (χ1n) is 7.03. The van der Waals surface area contributed by atoms with Crippen molar-refractivity contribution < 1.29 is 4.74 Å². The number of aryl methyl sites for hydroxylation is 1. The van der Waals surface area contributed by atoms with Crippen molar-refractivity contribution in [3.05, 3.63) is 29.4 Å². The average molecular weight is 321 g/mol. The van der Waals surface area contributed by atoms with E-state index >= 15 is 0 Å². The molecule has 1 aliphatic rings. The van der Waals surface area contributed by atoms with Crippen LogP contribution >= 0.6 is 11.6 Å². The Bertz CT molecular complexity index is 639. The van der Waals surface area contributed by atoms with Crippen LogP contribution in [0.5, 0.6) is 5.88 Å². The lowest BCUT2D eigenvalue weighted by Crippen LogP contribution is -2.47. The molecule has 0 aromatic carbocycles. The summed E-state index contributed by atoms with van der Waals surface area (Å²) < 4.78 is 5.12. The van der Waals surface area contributed by atoms with E-state index in [1.54, 1.807) is 25.6 Å². The van der Waals surface area contributed by atoms with Gasteiger partial charge in [-0.1, -0.05) is 11.6 Å². The molecule has 7 nitrogen and oxygen atoms in total. The summed E-state index contributed by atoms with van der Waals surface area (Å²) >= 11 is 6.01. The molecule has 116 valence electrons. The van der Waals surface area contributed by atoms with Crippen LogP contribution in [0.2, 0.25) is 5.15 Å². The van der Waals surface area contributed by atoms with Crippen molar-refractivity contribution >= 4 is 23.2 Å². The molecule has 0 aliphatic carbocycles. The SMILES string of the molecule is COc1cncc(N2CCN(c3cc(Cl)nc(C)n3)CC2)n1. The van der Waals surface area contributed by atoms with Gasteiger partial charge in [0.1, 0.15) is 16.8 Å². The van der Waals surface area contributed by atoms with Crippen molar-refractivity contribution in [1.29, 1.82) is 0 Å². The Morgan fingerprint density at radius 3 is 2.32 bits per heavy atom. The van der Waals surface area contributed by atoms with Gasteiger partial charge in [-0.25, -0.2) is 9.97 Å². The van der Waals surface area contributed by atoms with E-state index in [1.807, 2.05) is 6.92 Å². The van der Waals surface area contributed by atoms with Gasteiger partial charge in [-0.15, -0.1) is 0 Å². The van der Waals surface area contributed by atoms with Gasteiger partial charge in [0.05, 0.1) is 19.5 Å². The topological polar surface area (TPSA) is 67.3 Å². The van der Waals surface area contributed by atoms with Crippen LogP contribution in [0.25, 0.3) is 0 Å². The summed E-state index contributed by atoms with van der Waals surface area (Å²) in [5, 5.41) is 0.476. The molecular formula is C14H17ClN6O. The molecular weight excluding hydrogens is 304 g/mol. The molecule has 0 bridgehead atoms. The van der Waals surface area contributed by atoms with Crippen LogP contribution in [0.3, 0.4) is 0 Å². The van der Waals surface area contributed by atoms with Crippen molar-refractivity contribution in [3.8, 4) is 5.88 Å². The average Bonchev–Trinajstić information content (AvgIpc) is 2.54. The fourth-order valence-corrected chi connectivity index (χ4v) is 2.65.